The van der Waals surface area contributed by atoms with Crippen molar-refractivity contribution in [3.05, 3.63) is 58.7 Å². The second-order valence-electron chi connectivity index (χ2n) is 5.11. The molecule has 2 aromatic rings. The van der Waals surface area contributed by atoms with Crippen LogP contribution in [0.4, 0.5) is 0 Å². The Bertz CT molecular complexity index is 550. The molecule has 94 valence electrons. The zero-order chi connectivity index (χ0) is 13.1. The lowest BCUT2D eigenvalue weighted by atomic mass is 9.89. The highest BCUT2D eigenvalue weighted by molar-refractivity contribution is 5.74. The van der Waals surface area contributed by atoms with E-state index in [1.54, 1.807) is 0 Å². The summed E-state index contributed by atoms with van der Waals surface area (Å²) in [4.78, 5) is 0. The molecule has 0 aliphatic carbocycles. The fourth-order valence-electron chi connectivity index (χ4n) is 2.70. The van der Waals surface area contributed by atoms with Crippen LogP contribution < -0.4 is 0 Å². The third-order valence-electron chi connectivity index (χ3n) is 3.72. The average Bonchev–Trinajstić information content (AvgIpc) is 2.35. The number of aryl methyl sites for hydroxylation is 3. The Morgan fingerprint density at radius 3 is 2.22 bits per heavy atom. The first-order valence-corrected chi connectivity index (χ1v) is 6.80. The van der Waals surface area contributed by atoms with Crippen LogP contribution in [0.25, 0.3) is 11.1 Å². The Morgan fingerprint density at radius 1 is 0.833 bits per heavy atom. The Labute approximate surface area is 111 Å². The van der Waals surface area contributed by atoms with Crippen LogP contribution in [-0.4, -0.2) is 0 Å². The Morgan fingerprint density at radius 2 is 1.56 bits per heavy atom. The SMILES string of the molecule is CCCc1ccc(C)c(-c2ccccc2C)c1C. The van der Waals surface area contributed by atoms with Crippen molar-refractivity contribution in [2.24, 2.45) is 0 Å². The van der Waals surface area contributed by atoms with Crippen molar-refractivity contribution in [3.63, 3.8) is 0 Å². The summed E-state index contributed by atoms with van der Waals surface area (Å²) >= 11 is 0. The monoisotopic (exact) mass is 238 g/mol. The fraction of sp³-hybridized carbons (Fsp3) is 0.333. The smallest absolute Gasteiger partial charge is 0.0120 e. The number of hydrogen-bond acceptors (Lipinski definition) is 0. The summed E-state index contributed by atoms with van der Waals surface area (Å²) in [6.45, 7) is 8.91. The Kier molecular flexibility index (Phi) is 3.86. The maximum Gasteiger partial charge on any atom is -0.0120 e. The van der Waals surface area contributed by atoms with Gasteiger partial charge in [0, 0.05) is 0 Å². The quantitative estimate of drug-likeness (QED) is 0.686. The van der Waals surface area contributed by atoms with Gasteiger partial charge in [-0.2, -0.15) is 0 Å². The van der Waals surface area contributed by atoms with Crippen LogP contribution >= 0.6 is 0 Å². The third kappa shape index (κ3) is 2.33. The van der Waals surface area contributed by atoms with E-state index in [0.717, 1.165) is 0 Å². The summed E-state index contributed by atoms with van der Waals surface area (Å²) in [6, 6.07) is 13.2. The van der Waals surface area contributed by atoms with Gasteiger partial charge in [0.25, 0.3) is 0 Å². The summed E-state index contributed by atoms with van der Waals surface area (Å²) in [5.74, 6) is 0. The van der Waals surface area contributed by atoms with Crippen LogP contribution in [0.1, 0.15) is 35.6 Å². The lowest BCUT2D eigenvalue weighted by molar-refractivity contribution is 0.912. The predicted molar refractivity (Wildman–Crippen MR) is 80.1 cm³/mol. The lowest BCUT2D eigenvalue weighted by Gasteiger charge is -2.16. The molecule has 0 heteroatoms. The van der Waals surface area contributed by atoms with Crippen molar-refractivity contribution in [2.75, 3.05) is 0 Å². The van der Waals surface area contributed by atoms with E-state index in [1.165, 1.54) is 46.2 Å². The van der Waals surface area contributed by atoms with Gasteiger partial charge in [-0.1, -0.05) is 49.7 Å². The molecule has 0 amide bonds. The van der Waals surface area contributed by atoms with Gasteiger partial charge in [-0.15, -0.1) is 0 Å². The number of rotatable bonds is 3. The van der Waals surface area contributed by atoms with Gasteiger partial charge in [0.1, 0.15) is 0 Å². The number of benzene rings is 2. The molecule has 0 fully saturated rings. The molecule has 0 unspecified atom stereocenters. The molecule has 0 aliphatic rings. The molecule has 0 atom stereocenters. The first-order valence-electron chi connectivity index (χ1n) is 6.80. The molecule has 0 nitrogen and oxygen atoms in total. The molecule has 2 rings (SSSR count). The largest absolute Gasteiger partial charge is 0.0651 e. The van der Waals surface area contributed by atoms with Crippen LogP contribution in [0.2, 0.25) is 0 Å². The molecule has 0 spiro atoms. The minimum atomic E-state index is 1.17. The van der Waals surface area contributed by atoms with Crippen molar-refractivity contribution in [3.8, 4) is 11.1 Å². The van der Waals surface area contributed by atoms with Gasteiger partial charge in [0.05, 0.1) is 0 Å². The molecule has 0 N–H and O–H groups in total. The van der Waals surface area contributed by atoms with Crippen LogP contribution in [0.5, 0.6) is 0 Å². The molecule has 0 heterocycles. The second-order valence-corrected chi connectivity index (χ2v) is 5.11. The van der Waals surface area contributed by atoms with Crippen molar-refractivity contribution in [1.82, 2.24) is 0 Å². The minimum absolute atomic E-state index is 1.17. The summed E-state index contributed by atoms with van der Waals surface area (Å²) < 4.78 is 0. The van der Waals surface area contributed by atoms with E-state index in [9.17, 15) is 0 Å². The van der Waals surface area contributed by atoms with Gasteiger partial charge in [0.15, 0.2) is 0 Å². The fourth-order valence-corrected chi connectivity index (χ4v) is 2.70. The normalized spacial score (nSPS) is 10.7. The van der Waals surface area contributed by atoms with Crippen LogP contribution in [0.3, 0.4) is 0 Å². The first-order chi connectivity index (χ1) is 8.65. The maximum atomic E-state index is 2.29. The molecule has 2 aromatic carbocycles. The third-order valence-corrected chi connectivity index (χ3v) is 3.72. The van der Waals surface area contributed by atoms with Gasteiger partial charge in [-0.25, -0.2) is 0 Å². The van der Waals surface area contributed by atoms with E-state index in [1.807, 2.05) is 0 Å². The Balaban J connectivity index is 2.63. The molecule has 0 bridgehead atoms. The van der Waals surface area contributed by atoms with Crippen molar-refractivity contribution in [1.29, 1.82) is 0 Å². The minimum Gasteiger partial charge on any atom is -0.0651 e. The molecule has 0 aromatic heterocycles. The standard InChI is InChI=1S/C18H22/c1-5-8-16-12-11-14(3)18(15(16)4)17-10-7-6-9-13(17)2/h6-7,9-12H,5,8H2,1-4H3. The van der Waals surface area contributed by atoms with Crippen molar-refractivity contribution >= 4 is 0 Å². The second kappa shape index (κ2) is 5.39. The van der Waals surface area contributed by atoms with E-state index in [4.69, 9.17) is 0 Å². The lowest BCUT2D eigenvalue weighted by Crippen LogP contribution is -1.96. The van der Waals surface area contributed by atoms with Crippen molar-refractivity contribution < 1.29 is 0 Å². The highest BCUT2D eigenvalue weighted by Crippen LogP contribution is 2.32. The van der Waals surface area contributed by atoms with E-state index in [-0.39, 0.29) is 0 Å². The van der Waals surface area contributed by atoms with Gasteiger partial charge in [-0.3, -0.25) is 0 Å². The zero-order valence-corrected chi connectivity index (χ0v) is 11.9. The molecular formula is C18H22. The topological polar surface area (TPSA) is 0 Å². The zero-order valence-electron chi connectivity index (χ0n) is 11.9. The highest BCUT2D eigenvalue weighted by atomic mass is 14.1. The molecule has 0 saturated carbocycles. The summed E-state index contributed by atoms with van der Waals surface area (Å²) in [6.07, 6.45) is 2.38. The Hall–Kier alpha value is -1.56. The van der Waals surface area contributed by atoms with Crippen LogP contribution in [0.15, 0.2) is 36.4 Å². The predicted octanol–water partition coefficient (Wildman–Crippen LogP) is 5.23. The van der Waals surface area contributed by atoms with Gasteiger partial charge >= 0.3 is 0 Å². The molecule has 0 aliphatic heterocycles. The summed E-state index contributed by atoms with van der Waals surface area (Å²) in [5, 5.41) is 0. The maximum absolute atomic E-state index is 2.29. The van der Waals surface area contributed by atoms with E-state index < -0.39 is 0 Å². The number of hydrogen-bond donors (Lipinski definition) is 0. The molecule has 0 saturated heterocycles. The van der Waals surface area contributed by atoms with Gasteiger partial charge in [0.2, 0.25) is 0 Å². The summed E-state index contributed by atoms with van der Waals surface area (Å²) in [5.41, 5.74) is 8.48. The molecule has 0 radical (unpaired) electrons. The van der Waals surface area contributed by atoms with E-state index >= 15 is 0 Å². The van der Waals surface area contributed by atoms with Crippen molar-refractivity contribution in [2.45, 2.75) is 40.5 Å². The highest BCUT2D eigenvalue weighted by Gasteiger charge is 2.10. The van der Waals surface area contributed by atoms with E-state index in [2.05, 4.69) is 64.1 Å². The molecular weight excluding hydrogens is 216 g/mol. The van der Waals surface area contributed by atoms with Crippen LogP contribution in [-0.2, 0) is 6.42 Å². The van der Waals surface area contributed by atoms with Gasteiger partial charge < -0.3 is 0 Å². The van der Waals surface area contributed by atoms with E-state index in [0.29, 0.717) is 0 Å². The van der Waals surface area contributed by atoms with Crippen LogP contribution in [0, 0.1) is 20.8 Å². The summed E-state index contributed by atoms with van der Waals surface area (Å²) in [7, 11) is 0. The van der Waals surface area contributed by atoms with Gasteiger partial charge in [-0.05, 0) is 60.6 Å². The average molecular weight is 238 g/mol. The first kappa shape index (κ1) is 12.9. The molecule has 18 heavy (non-hydrogen) atoms.